The van der Waals surface area contributed by atoms with Crippen LogP contribution in [-0.2, 0) is 13.1 Å². The first-order valence-electron chi connectivity index (χ1n) is 12.6. The number of fused-ring (bicyclic) bond motifs is 1. The number of para-hydroxylation sites is 1. The maximum Gasteiger partial charge on any atom is 0.326 e. The lowest BCUT2D eigenvalue weighted by Gasteiger charge is -2.35. The summed E-state index contributed by atoms with van der Waals surface area (Å²) >= 11 is 19.9. The van der Waals surface area contributed by atoms with Gasteiger partial charge in [-0.1, -0.05) is 59.1 Å². The number of halogens is 3. The van der Waals surface area contributed by atoms with E-state index in [2.05, 4.69) is 38.6 Å². The first-order chi connectivity index (χ1) is 18.5. The maximum atomic E-state index is 13.3. The van der Waals surface area contributed by atoms with Crippen LogP contribution in [0.3, 0.4) is 0 Å². The SMILES string of the molecule is O=C1NCc2c(-c3ccccc3Cl)cc(CN3CCC(c4ccn[nH]4)CC3)cc2N1c1c(Cl)cccc1Cl. The van der Waals surface area contributed by atoms with Gasteiger partial charge in [-0.25, -0.2) is 4.79 Å². The van der Waals surface area contributed by atoms with Crippen LogP contribution in [-0.4, -0.2) is 34.2 Å². The second-order valence-electron chi connectivity index (χ2n) is 9.75. The highest BCUT2D eigenvalue weighted by atomic mass is 35.5. The van der Waals surface area contributed by atoms with Crippen LogP contribution in [0.2, 0.25) is 15.1 Å². The number of piperidine rings is 1. The number of H-pyrrole nitrogens is 1. The predicted octanol–water partition coefficient (Wildman–Crippen LogP) is 7.78. The van der Waals surface area contributed by atoms with Crippen molar-refractivity contribution in [2.75, 3.05) is 18.0 Å². The molecule has 1 aromatic heterocycles. The van der Waals surface area contributed by atoms with Crippen molar-refractivity contribution in [3.63, 3.8) is 0 Å². The van der Waals surface area contributed by atoms with E-state index in [0.29, 0.717) is 33.2 Å². The van der Waals surface area contributed by atoms with Gasteiger partial charge in [0.15, 0.2) is 0 Å². The molecule has 194 valence electrons. The number of hydrogen-bond donors (Lipinski definition) is 2. The lowest BCUT2D eigenvalue weighted by molar-refractivity contribution is 0.203. The average Bonchev–Trinajstić information content (AvgIpc) is 3.45. The molecule has 0 unspecified atom stereocenters. The van der Waals surface area contributed by atoms with Crippen LogP contribution in [0.25, 0.3) is 11.1 Å². The minimum atomic E-state index is -0.268. The van der Waals surface area contributed by atoms with E-state index in [1.165, 1.54) is 5.69 Å². The summed E-state index contributed by atoms with van der Waals surface area (Å²) in [7, 11) is 0. The van der Waals surface area contributed by atoms with E-state index in [1.54, 1.807) is 23.1 Å². The molecule has 2 N–H and O–H groups in total. The number of nitrogens with one attached hydrogen (secondary N) is 2. The van der Waals surface area contributed by atoms with Gasteiger partial charge in [-0.05, 0) is 73.5 Å². The van der Waals surface area contributed by atoms with E-state index >= 15 is 0 Å². The van der Waals surface area contributed by atoms with E-state index in [0.717, 1.165) is 60.4 Å². The lowest BCUT2D eigenvalue weighted by Crippen LogP contribution is -2.42. The number of benzene rings is 3. The summed E-state index contributed by atoms with van der Waals surface area (Å²) in [5.41, 5.74) is 6.42. The zero-order valence-electron chi connectivity index (χ0n) is 20.6. The van der Waals surface area contributed by atoms with Crippen molar-refractivity contribution in [2.45, 2.75) is 31.8 Å². The van der Waals surface area contributed by atoms with Crippen LogP contribution in [0.1, 0.15) is 35.6 Å². The fourth-order valence-electron chi connectivity index (χ4n) is 5.54. The minimum Gasteiger partial charge on any atom is -0.333 e. The van der Waals surface area contributed by atoms with Gasteiger partial charge in [0.1, 0.15) is 0 Å². The predicted molar refractivity (Wildman–Crippen MR) is 154 cm³/mol. The maximum absolute atomic E-state index is 13.3. The summed E-state index contributed by atoms with van der Waals surface area (Å²) < 4.78 is 0. The Hall–Kier alpha value is -3.03. The van der Waals surface area contributed by atoms with Crippen molar-refractivity contribution in [1.82, 2.24) is 20.4 Å². The molecule has 1 saturated heterocycles. The Morgan fingerprint density at radius 3 is 2.34 bits per heavy atom. The van der Waals surface area contributed by atoms with Crippen LogP contribution in [0.4, 0.5) is 16.2 Å². The van der Waals surface area contributed by atoms with Gasteiger partial charge < -0.3 is 5.32 Å². The van der Waals surface area contributed by atoms with Crippen LogP contribution < -0.4 is 10.2 Å². The zero-order chi connectivity index (χ0) is 26.2. The topological polar surface area (TPSA) is 64.3 Å². The van der Waals surface area contributed by atoms with Crippen molar-refractivity contribution in [3.05, 3.63) is 98.7 Å². The molecule has 6 rings (SSSR count). The lowest BCUT2D eigenvalue weighted by atomic mass is 9.91. The van der Waals surface area contributed by atoms with Gasteiger partial charge in [-0.3, -0.25) is 14.9 Å². The first-order valence-corrected chi connectivity index (χ1v) is 13.8. The van der Waals surface area contributed by atoms with Gasteiger partial charge >= 0.3 is 6.03 Å². The van der Waals surface area contributed by atoms with E-state index in [9.17, 15) is 4.79 Å². The molecule has 0 saturated carbocycles. The molecule has 9 heteroatoms. The van der Waals surface area contributed by atoms with E-state index < -0.39 is 0 Å². The molecule has 3 aromatic carbocycles. The molecular formula is C29H26Cl3N5O. The fourth-order valence-corrected chi connectivity index (χ4v) is 6.35. The van der Waals surface area contributed by atoms with Crippen LogP contribution in [0, 0.1) is 0 Å². The molecule has 0 spiro atoms. The highest BCUT2D eigenvalue weighted by Crippen LogP contribution is 2.45. The molecular weight excluding hydrogens is 541 g/mol. The second kappa shape index (κ2) is 10.6. The number of rotatable bonds is 5. The average molecular weight is 567 g/mol. The minimum absolute atomic E-state index is 0.268. The number of aromatic nitrogens is 2. The van der Waals surface area contributed by atoms with Gasteiger partial charge in [0.25, 0.3) is 0 Å². The number of nitrogens with zero attached hydrogens (tertiary/aromatic N) is 3. The summed E-state index contributed by atoms with van der Waals surface area (Å²) in [6.45, 7) is 3.08. The standard InChI is InChI=1S/C29H26Cl3N5O/c30-23-5-2-1-4-20(23)21-14-18(17-36-12-9-19(10-13-36)26-8-11-34-35-26)15-27-22(21)16-33-29(38)37(27)28-24(31)6-3-7-25(28)32/h1-8,11,14-15,19H,9-10,12-13,16-17H2,(H,33,38)(H,34,35). The Morgan fingerprint density at radius 1 is 0.895 bits per heavy atom. The van der Waals surface area contributed by atoms with E-state index in [4.69, 9.17) is 34.8 Å². The normalized spacial score (nSPS) is 16.4. The second-order valence-corrected chi connectivity index (χ2v) is 11.0. The molecule has 2 amide bonds. The fraction of sp³-hybridized carbons (Fsp3) is 0.241. The quantitative estimate of drug-likeness (QED) is 0.259. The molecule has 0 aliphatic carbocycles. The highest BCUT2D eigenvalue weighted by molar-refractivity contribution is 6.40. The molecule has 0 atom stereocenters. The van der Waals surface area contributed by atoms with Gasteiger partial charge in [0.2, 0.25) is 0 Å². The van der Waals surface area contributed by atoms with Crippen molar-refractivity contribution in [3.8, 4) is 11.1 Å². The van der Waals surface area contributed by atoms with Crippen LogP contribution >= 0.6 is 34.8 Å². The van der Waals surface area contributed by atoms with Crippen molar-refractivity contribution >= 4 is 52.2 Å². The Kier molecular flexibility index (Phi) is 7.06. The third kappa shape index (κ3) is 4.78. The Balaban J connectivity index is 1.41. The molecule has 2 aliphatic rings. The van der Waals surface area contributed by atoms with Crippen LogP contribution in [0.5, 0.6) is 0 Å². The number of carbonyl (C=O) groups is 1. The highest BCUT2D eigenvalue weighted by Gasteiger charge is 2.32. The zero-order valence-corrected chi connectivity index (χ0v) is 22.8. The van der Waals surface area contributed by atoms with Gasteiger partial charge in [-0.2, -0.15) is 5.10 Å². The molecule has 4 aromatic rings. The number of likely N-dealkylation sites (tertiary alicyclic amines) is 1. The molecule has 6 nitrogen and oxygen atoms in total. The molecule has 0 radical (unpaired) electrons. The molecule has 38 heavy (non-hydrogen) atoms. The number of carbonyl (C=O) groups excluding carboxylic acids is 1. The molecule has 3 heterocycles. The smallest absolute Gasteiger partial charge is 0.326 e. The molecule has 0 bridgehead atoms. The number of amides is 2. The Bertz CT molecular complexity index is 1460. The molecule has 2 aliphatic heterocycles. The summed E-state index contributed by atoms with van der Waals surface area (Å²) in [5, 5.41) is 11.7. The monoisotopic (exact) mass is 565 g/mol. The van der Waals surface area contributed by atoms with Crippen LogP contribution in [0.15, 0.2) is 66.9 Å². The summed E-state index contributed by atoms with van der Waals surface area (Å²) in [6.07, 6.45) is 3.95. The Morgan fingerprint density at radius 2 is 1.63 bits per heavy atom. The third-order valence-corrected chi connectivity index (χ3v) is 8.37. The van der Waals surface area contributed by atoms with Crippen molar-refractivity contribution < 1.29 is 4.79 Å². The molecule has 1 fully saturated rings. The van der Waals surface area contributed by atoms with Crippen molar-refractivity contribution in [1.29, 1.82) is 0 Å². The van der Waals surface area contributed by atoms with Gasteiger partial charge in [0, 0.05) is 47.0 Å². The summed E-state index contributed by atoms with van der Waals surface area (Å²) in [6, 6.07) is 19.2. The largest absolute Gasteiger partial charge is 0.333 e. The number of urea groups is 1. The third-order valence-electron chi connectivity index (χ3n) is 7.43. The van der Waals surface area contributed by atoms with E-state index in [1.807, 2.05) is 30.5 Å². The first kappa shape index (κ1) is 25.3. The summed E-state index contributed by atoms with van der Waals surface area (Å²) in [4.78, 5) is 17.3. The number of aromatic amines is 1. The van der Waals surface area contributed by atoms with Gasteiger partial charge in [-0.15, -0.1) is 0 Å². The van der Waals surface area contributed by atoms with E-state index in [-0.39, 0.29) is 6.03 Å². The Labute approximate surface area is 236 Å². The number of anilines is 2. The van der Waals surface area contributed by atoms with Crippen molar-refractivity contribution in [2.24, 2.45) is 0 Å². The van der Waals surface area contributed by atoms with Gasteiger partial charge in [0.05, 0.1) is 21.4 Å². The summed E-state index contributed by atoms with van der Waals surface area (Å²) in [5.74, 6) is 0.498. The number of hydrogen-bond acceptors (Lipinski definition) is 3.